The van der Waals surface area contributed by atoms with E-state index in [0.717, 1.165) is 11.3 Å². The summed E-state index contributed by atoms with van der Waals surface area (Å²) in [6.07, 6.45) is 2.00. The quantitative estimate of drug-likeness (QED) is 0.758. The van der Waals surface area contributed by atoms with E-state index >= 15 is 0 Å². The predicted molar refractivity (Wildman–Crippen MR) is 83.6 cm³/mol. The van der Waals surface area contributed by atoms with Crippen LogP contribution in [0.1, 0.15) is 12.5 Å². The number of nitrogens with two attached hydrogens (primary N) is 1. The van der Waals surface area contributed by atoms with Crippen LogP contribution in [0.15, 0.2) is 23.1 Å². The Balaban J connectivity index is 2.96. The maximum absolute atomic E-state index is 12.4. The summed E-state index contributed by atoms with van der Waals surface area (Å²) in [5, 5.41) is 0. The second-order valence-electron chi connectivity index (χ2n) is 4.60. The van der Waals surface area contributed by atoms with E-state index in [9.17, 15) is 8.42 Å². The highest BCUT2D eigenvalue weighted by atomic mass is 32.2. The van der Waals surface area contributed by atoms with Crippen LogP contribution in [0, 0.1) is 5.92 Å². The van der Waals surface area contributed by atoms with Gasteiger partial charge in [0.05, 0.1) is 7.11 Å². The van der Waals surface area contributed by atoms with Gasteiger partial charge in [-0.15, -0.1) is 0 Å². The van der Waals surface area contributed by atoms with E-state index in [0.29, 0.717) is 12.3 Å². The van der Waals surface area contributed by atoms with Gasteiger partial charge in [0.1, 0.15) is 10.6 Å². The molecule has 0 aromatic heterocycles. The van der Waals surface area contributed by atoms with Gasteiger partial charge in [-0.2, -0.15) is 11.8 Å². The van der Waals surface area contributed by atoms with Gasteiger partial charge in [-0.3, -0.25) is 0 Å². The molecule has 1 atom stereocenters. The van der Waals surface area contributed by atoms with Crippen molar-refractivity contribution in [3.63, 3.8) is 0 Å². The largest absolute Gasteiger partial charge is 0.495 e. The minimum Gasteiger partial charge on any atom is -0.495 e. The summed E-state index contributed by atoms with van der Waals surface area (Å²) < 4.78 is 32.4. The smallest absolute Gasteiger partial charge is 0.244 e. The number of hydrogen-bond donors (Lipinski definition) is 2. The second-order valence-corrected chi connectivity index (χ2v) is 7.25. The lowest BCUT2D eigenvalue weighted by atomic mass is 10.2. The van der Waals surface area contributed by atoms with Crippen molar-refractivity contribution < 1.29 is 13.2 Å². The summed E-state index contributed by atoms with van der Waals surface area (Å²) in [5.41, 5.74) is 6.31. The number of hydrogen-bond acceptors (Lipinski definition) is 5. The summed E-state index contributed by atoms with van der Waals surface area (Å²) >= 11 is 1.69. The average molecular weight is 318 g/mol. The topological polar surface area (TPSA) is 81.4 Å². The van der Waals surface area contributed by atoms with Gasteiger partial charge in [-0.1, -0.05) is 13.0 Å². The molecule has 1 aromatic carbocycles. The van der Waals surface area contributed by atoms with Gasteiger partial charge in [0, 0.05) is 13.1 Å². The Morgan fingerprint density at radius 1 is 1.45 bits per heavy atom. The fourth-order valence-electron chi connectivity index (χ4n) is 1.73. The molecule has 0 amide bonds. The highest BCUT2D eigenvalue weighted by Crippen LogP contribution is 2.24. The van der Waals surface area contributed by atoms with E-state index in [1.807, 2.05) is 13.2 Å². The van der Waals surface area contributed by atoms with Crippen LogP contribution < -0.4 is 15.2 Å². The summed E-state index contributed by atoms with van der Waals surface area (Å²) in [4.78, 5) is 0.138. The predicted octanol–water partition coefficient (Wildman–Crippen LogP) is 1.43. The van der Waals surface area contributed by atoms with Crippen molar-refractivity contribution in [1.82, 2.24) is 4.72 Å². The summed E-state index contributed by atoms with van der Waals surface area (Å²) in [7, 11) is -2.14. The monoisotopic (exact) mass is 318 g/mol. The molecule has 3 N–H and O–H groups in total. The highest BCUT2D eigenvalue weighted by Gasteiger charge is 2.20. The third-order valence-electron chi connectivity index (χ3n) is 2.83. The molecule has 0 spiro atoms. The van der Waals surface area contributed by atoms with E-state index in [1.54, 1.807) is 30.0 Å². The lowest BCUT2D eigenvalue weighted by Crippen LogP contribution is -2.29. The number of benzene rings is 1. The SMILES string of the molecule is COc1ccc(CN)cc1S(=O)(=O)NCC(C)CSC. The number of sulfonamides is 1. The van der Waals surface area contributed by atoms with Gasteiger partial charge in [0.2, 0.25) is 10.0 Å². The zero-order chi connectivity index (χ0) is 15.2. The maximum atomic E-state index is 12.4. The number of methoxy groups -OCH3 is 1. The van der Waals surface area contributed by atoms with Crippen LogP contribution in [0.5, 0.6) is 5.75 Å². The molecule has 0 aliphatic rings. The van der Waals surface area contributed by atoms with E-state index in [4.69, 9.17) is 10.5 Å². The van der Waals surface area contributed by atoms with E-state index in [2.05, 4.69) is 4.72 Å². The van der Waals surface area contributed by atoms with Crippen LogP contribution >= 0.6 is 11.8 Å². The first-order chi connectivity index (χ1) is 9.44. The molecular weight excluding hydrogens is 296 g/mol. The molecule has 5 nitrogen and oxygen atoms in total. The fourth-order valence-corrected chi connectivity index (χ4v) is 3.80. The molecule has 1 unspecified atom stereocenters. The Hall–Kier alpha value is -0.760. The Kier molecular flexibility index (Phi) is 6.81. The minimum absolute atomic E-state index is 0.138. The first kappa shape index (κ1) is 17.3. The molecule has 0 bridgehead atoms. The van der Waals surface area contributed by atoms with E-state index in [1.165, 1.54) is 7.11 Å². The molecule has 114 valence electrons. The third-order valence-corrected chi connectivity index (χ3v) is 5.17. The number of nitrogens with one attached hydrogen (secondary N) is 1. The van der Waals surface area contributed by atoms with Crippen LogP contribution in [0.25, 0.3) is 0 Å². The average Bonchev–Trinajstić information content (AvgIpc) is 2.45. The normalized spacial score (nSPS) is 13.2. The van der Waals surface area contributed by atoms with Crippen molar-refractivity contribution in [1.29, 1.82) is 0 Å². The van der Waals surface area contributed by atoms with Crippen molar-refractivity contribution in [3.8, 4) is 5.75 Å². The minimum atomic E-state index is -3.59. The molecule has 0 heterocycles. The van der Waals surface area contributed by atoms with Gasteiger partial charge in [0.15, 0.2) is 0 Å². The summed E-state index contributed by atoms with van der Waals surface area (Å²) in [6, 6.07) is 4.94. The molecule has 0 saturated heterocycles. The lowest BCUT2D eigenvalue weighted by molar-refractivity contribution is 0.402. The Morgan fingerprint density at radius 2 is 2.15 bits per heavy atom. The molecule has 0 saturated carbocycles. The number of ether oxygens (including phenoxy) is 1. The third kappa shape index (κ3) is 4.66. The Labute approximate surface area is 125 Å². The van der Waals surface area contributed by atoms with Crippen LogP contribution in [-0.4, -0.2) is 34.1 Å². The number of rotatable bonds is 8. The summed E-state index contributed by atoms with van der Waals surface area (Å²) in [6.45, 7) is 2.70. The van der Waals surface area contributed by atoms with Crippen molar-refractivity contribution in [3.05, 3.63) is 23.8 Å². The molecule has 0 radical (unpaired) electrons. The van der Waals surface area contributed by atoms with Crippen molar-refractivity contribution in [2.45, 2.75) is 18.4 Å². The van der Waals surface area contributed by atoms with Crippen LogP contribution in [-0.2, 0) is 16.6 Å². The van der Waals surface area contributed by atoms with Crippen molar-refractivity contribution in [2.24, 2.45) is 11.7 Å². The molecule has 1 aromatic rings. The molecular formula is C13H22N2O3S2. The van der Waals surface area contributed by atoms with Gasteiger partial charge in [-0.25, -0.2) is 13.1 Å². The Morgan fingerprint density at radius 3 is 2.70 bits per heavy atom. The van der Waals surface area contributed by atoms with E-state index < -0.39 is 10.0 Å². The first-order valence-electron chi connectivity index (χ1n) is 6.30. The molecule has 7 heteroatoms. The molecule has 0 aliphatic carbocycles. The molecule has 0 aliphatic heterocycles. The second kappa shape index (κ2) is 7.87. The van der Waals surface area contributed by atoms with Crippen LogP contribution in [0.2, 0.25) is 0 Å². The molecule has 0 fully saturated rings. The number of thioether (sulfide) groups is 1. The fraction of sp³-hybridized carbons (Fsp3) is 0.538. The first-order valence-corrected chi connectivity index (χ1v) is 9.18. The van der Waals surface area contributed by atoms with Gasteiger partial charge in [-0.05, 0) is 35.6 Å². The lowest BCUT2D eigenvalue weighted by Gasteiger charge is -2.14. The van der Waals surface area contributed by atoms with Crippen LogP contribution in [0.3, 0.4) is 0 Å². The van der Waals surface area contributed by atoms with Gasteiger partial charge in [0.25, 0.3) is 0 Å². The van der Waals surface area contributed by atoms with Crippen LogP contribution in [0.4, 0.5) is 0 Å². The van der Waals surface area contributed by atoms with Gasteiger partial charge < -0.3 is 10.5 Å². The zero-order valence-corrected chi connectivity index (χ0v) is 13.7. The molecule has 20 heavy (non-hydrogen) atoms. The van der Waals surface area contributed by atoms with Gasteiger partial charge >= 0.3 is 0 Å². The molecule has 1 rings (SSSR count). The standard InChI is InChI=1S/C13H22N2O3S2/c1-10(9-19-3)8-15-20(16,17)13-6-11(7-14)4-5-12(13)18-2/h4-6,10,15H,7-9,14H2,1-3H3. The highest BCUT2D eigenvalue weighted by molar-refractivity contribution is 7.98. The zero-order valence-electron chi connectivity index (χ0n) is 12.0. The maximum Gasteiger partial charge on any atom is 0.244 e. The van der Waals surface area contributed by atoms with Crippen molar-refractivity contribution in [2.75, 3.05) is 25.7 Å². The Bertz CT molecular complexity index is 532. The summed E-state index contributed by atoms with van der Waals surface area (Å²) in [5.74, 6) is 1.50. The van der Waals surface area contributed by atoms with E-state index in [-0.39, 0.29) is 17.4 Å². The van der Waals surface area contributed by atoms with Crippen molar-refractivity contribution >= 4 is 21.8 Å².